The van der Waals surface area contributed by atoms with Gasteiger partial charge in [-0.3, -0.25) is 9.48 Å². The quantitative estimate of drug-likeness (QED) is 0.597. The van der Waals surface area contributed by atoms with Crippen LogP contribution in [0.1, 0.15) is 39.2 Å². The maximum Gasteiger partial charge on any atom is 0.306 e. The van der Waals surface area contributed by atoms with E-state index in [4.69, 9.17) is 26.8 Å². The number of hydrogen-bond acceptors (Lipinski definition) is 5. The number of methoxy groups -OCH3 is 1. The fourth-order valence-corrected chi connectivity index (χ4v) is 2.85. The van der Waals surface area contributed by atoms with Gasteiger partial charge in [0.1, 0.15) is 5.60 Å². The van der Waals surface area contributed by atoms with Crippen molar-refractivity contribution in [2.24, 2.45) is 0 Å². The average Bonchev–Trinajstić information content (AvgIpc) is 2.89. The molecule has 6 nitrogen and oxygen atoms in total. The first-order chi connectivity index (χ1) is 11.7. The maximum atomic E-state index is 11.9. The summed E-state index contributed by atoms with van der Waals surface area (Å²) in [5.41, 5.74) is 7.96. The van der Waals surface area contributed by atoms with Crippen molar-refractivity contribution in [3.8, 4) is 0 Å². The van der Waals surface area contributed by atoms with Gasteiger partial charge < -0.3 is 15.2 Å². The molecule has 1 heterocycles. The molecule has 2 rings (SSSR count). The van der Waals surface area contributed by atoms with E-state index in [0.29, 0.717) is 43.1 Å². The van der Waals surface area contributed by atoms with Crippen molar-refractivity contribution >= 4 is 34.2 Å². The second kappa shape index (κ2) is 8.06. The van der Waals surface area contributed by atoms with E-state index in [1.165, 1.54) is 0 Å². The Balaban J connectivity index is 2.14. The first-order valence-corrected chi connectivity index (χ1v) is 8.74. The molecule has 0 fully saturated rings. The van der Waals surface area contributed by atoms with Gasteiger partial charge in [0.05, 0.1) is 29.4 Å². The van der Waals surface area contributed by atoms with E-state index >= 15 is 0 Å². The first kappa shape index (κ1) is 19.5. The molecule has 0 amide bonds. The summed E-state index contributed by atoms with van der Waals surface area (Å²) in [5, 5.41) is 5.95. The molecule has 0 saturated carbocycles. The van der Waals surface area contributed by atoms with Gasteiger partial charge in [-0.05, 0) is 45.2 Å². The van der Waals surface area contributed by atoms with E-state index in [-0.39, 0.29) is 5.97 Å². The molecule has 2 N–H and O–H groups in total. The normalized spacial score (nSPS) is 11.9. The van der Waals surface area contributed by atoms with E-state index < -0.39 is 5.60 Å². The number of anilines is 1. The Kier molecular flexibility index (Phi) is 6.30. The number of fused-ring (bicyclic) bond motifs is 1. The fourth-order valence-electron chi connectivity index (χ4n) is 2.63. The third-order valence-electron chi connectivity index (χ3n) is 3.71. The molecule has 0 saturated heterocycles. The lowest BCUT2D eigenvalue weighted by Gasteiger charge is -2.19. The monoisotopic (exact) mass is 367 g/mol. The number of aryl methyl sites for hydroxylation is 1. The van der Waals surface area contributed by atoms with E-state index in [2.05, 4.69) is 5.10 Å². The summed E-state index contributed by atoms with van der Waals surface area (Å²) in [4.78, 5) is 11.9. The number of nitrogens with two attached hydrogens (primary N) is 1. The van der Waals surface area contributed by atoms with Gasteiger partial charge in [-0.2, -0.15) is 5.10 Å². The summed E-state index contributed by atoms with van der Waals surface area (Å²) in [6, 6.07) is 1.77. The predicted molar refractivity (Wildman–Crippen MR) is 99.8 cm³/mol. The maximum absolute atomic E-state index is 11.9. The van der Waals surface area contributed by atoms with Gasteiger partial charge in [0.2, 0.25) is 0 Å². The number of nitrogens with zero attached hydrogens (tertiary/aromatic N) is 2. The molecule has 0 atom stereocenters. The number of hydrogen-bond donors (Lipinski definition) is 1. The summed E-state index contributed by atoms with van der Waals surface area (Å²) in [6.45, 7) is 6.80. The molecule has 1 aromatic carbocycles. The number of halogens is 1. The number of rotatable bonds is 7. The Morgan fingerprint density at radius 2 is 2.12 bits per heavy atom. The minimum absolute atomic E-state index is 0.208. The van der Waals surface area contributed by atoms with E-state index in [0.717, 1.165) is 16.5 Å². The molecule has 1 aromatic heterocycles. The molecular weight excluding hydrogens is 342 g/mol. The van der Waals surface area contributed by atoms with Crippen LogP contribution in [0.15, 0.2) is 12.3 Å². The molecule has 0 aliphatic carbocycles. The van der Waals surface area contributed by atoms with Gasteiger partial charge in [-0.1, -0.05) is 11.6 Å². The Morgan fingerprint density at radius 3 is 2.76 bits per heavy atom. The van der Waals surface area contributed by atoms with Crippen LogP contribution in [0.5, 0.6) is 0 Å². The predicted octanol–water partition coefficient (Wildman–Crippen LogP) is 3.58. The van der Waals surface area contributed by atoms with E-state index in [1.807, 2.05) is 31.6 Å². The van der Waals surface area contributed by atoms with Gasteiger partial charge in [0.15, 0.2) is 0 Å². The molecule has 7 heteroatoms. The molecule has 0 aliphatic rings. The Bertz CT molecular complexity index is 750. The zero-order valence-corrected chi connectivity index (χ0v) is 16.0. The van der Waals surface area contributed by atoms with Crippen molar-refractivity contribution < 1.29 is 14.3 Å². The zero-order valence-electron chi connectivity index (χ0n) is 15.3. The first-order valence-electron chi connectivity index (χ1n) is 8.36. The Morgan fingerprint density at radius 1 is 1.40 bits per heavy atom. The van der Waals surface area contributed by atoms with Crippen LogP contribution in [-0.2, 0) is 27.2 Å². The smallest absolute Gasteiger partial charge is 0.306 e. The summed E-state index contributed by atoms with van der Waals surface area (Å²) in [5.74, 6) is -0.208. The van der Waals surface area contributed by atoms with Crippen molar-refractivity contribution in [3.05, 3.63) is 22.8 Å². The Hall–Kier alpha value is -1.79. The van der Waals surface area contributed by atoms with Gasteiger partial charge in [-0.15, -0.1) is 0 Å². The lowest BCUT2D eigenvalue weighted by atomic mass is 10.0. The lowest BCUT2D eigenvalue weighted by Crippen LogP contribution is -2.23. The van der Waals surface area contributed by atoms with Crippen LogP contribution in [0.2, 0.25) is 5.02 Å². The molecule has 25 heavy (non-hydrogen) atoms. The molecule has 0 unspecified atom stereocenters. The van der Waals surface area contributed by atoms with Crippen LogP contribution in [0.3, 0.4) is 0 Å². The number of esters is 1. The molecule has 0 bridgehead atoms. The number of carbonyl (C=O) groups is 1. The van der Waals surface area contributed by atoms with Crippen LogP contribution in [-0.4, -0.2) is 35.1 Å². The van der Waals surface area contributed by atoms with Crippen molar-refractivity contribution in [2.75, 3.05) is 19.5 Å². The third kappa shape index (κ3) is 5.34. The van der Waals surface area contributed by atoms with Crippen molar-refractivity contribution in [2.45, 2.75) is 52.2 Å². The fraction of sp³-hybridized carbons (Fsp3) is 0.556. The number of nitrogen functional groups attached to an aromatic ring is 1. The van der Waals surface area contributed by atoms with Gasteiger partial charge in [0, 0.05) is 25.1 Å². The standard InChI is InChI=1S/C18H26ClN3O3/c1-18(2,3)25-16(23)7-5-6-12-13-11-22(8-9-24-4)21-15(13)10-14(19)17(12)20/h10-11H,5-9,20H2,1-4H3. The van der Waals surface area contributed by atoms with Crippen LogP contribution in [0, 0.1) is 0 Å². The van der Waals surface area contributed by atoms with Crippen molar-refractivity contribution in [1.82, 2.24) is 9.78 Å². The van der Waals surface area contributed by atoms with Crippen LogP contribution in [0.4, 0.5) is 5.69 Å². The SMILES string of the molecule is COCCn1cc2c(CCCC(=O)OC(C)(C)C)c(N)c(Cl)cc2n1. The number of benzene rings is 1. The largest absolute Gasteiger partial charge is 0.460 e. The summed E-state index contributed by atoms with van der Waals surface area (Å²) in [6.07, 6.45) is 3.56. The second-order valence-electron chi connectivity index (χ2n) is 7.01. The highest BCUT2D eigenvalue weighted by atomic mass is 35.5. The van der Waals surface area contributed by atoms with E-state index in [9.17, 15) is 4.79 Å². The minimum Gasteiger partial charge on any atom is -0.460 e. The average molecular weight is 368 g/mol. The number of aromatic nitrogens is 2. The number of carbonyl (C=O) groups excluding carboxylic acids is 1. The third-order valence-corrected chi connectivity index (χ3v) is 4.03. The molecule has 2 aromatic rings. The topological polar surface area (TPSA) is 79.4 Å². The van der Waals surface area contributed by atoms with Crippen LogP contribution < -0.4 is 5.73 Å². The van der Waals surface area contributed by atoms with Crippen LogP contribution in [0.25, 0.3) is 10.9 Å². The highest BCUT2D eigenvalue weighted by Crippen LogP contribution is 2.32. The molecule has 138 valence electrons. The summed E-state index contributed by atoms with van der Waals surface area (Å²) < 4.78 is 12.2. The lowest BCUT2D eigenvalue weighted by molar-refractivity contribution is -0.154. The van der Waals surface area contributed by atoms with Crippen LogP contribution >= 0.6 is 11.6 Å². The highest BCUT2D eigenvalue weighted by Gasteiger charge is 2.17. The van der Waals surface area contributed by atoms with Gasteiger partial charge in [-0.25, -0.2) is 0 Å². The van der Waals surface area contributed by atoms with Gasteiger partial charge in [0.25, 0.3) is 0 Å². The van der Waals surface area contributed by atoms with E-state index in [1.54, 1.807) is 13.2 Å². The molecule has 0 aliphatic heterocycles. The molecular formula is C18H26ClN3O3. The highest BCUT2D eigenvalue weighted by molar-refractivity contribution is 6.34. The Labute approximate surface area is 153 Å². The number of ether oxygens (including phenoxy) is 2. The molecule has 0 spiro atoms. The van der Waals surface area contributed by atoms with Gasteiger partial charge >= 0.3 is 5.97 Å². The summed E-state index contributed by atoms with van der Waals surface area (Å²) >= 11 is 6.24. The van der Waals surface area contributed by atoms with Crippen molar-refractivity contribution in [1.29, 1.82) is 0 Å². The zero-order chi connectivity index (χ0) is 18.6. The summed E-state index contributed by atoms with van der Waals surface area (Å²) in [7, 11) is 1.65. The minimum atomic E-state index is -0.470. The molecule has 0 radical (unpaired) electrons. The second-order valence-corrected chi connectivity index (χ2v) is 7.42. The van der Waals surface area contributed by atoms with Crippen molar-refractivity contribution in [3.63, 3.8) is 0 Å².